The maximum atomic E-state index is 11.7. The number of carbonyl (C=O) groups excluding carboxylic acids is 2. The van der Waals surface area contributed by atoms with Crippen LogP contribution in [-0.2, 0) is 14.3 Å². The normalized spacial score (nSPS) is 20.7. The van der Waals surface area contributed by atoms with Gasteiger partial charge in [0.05, 0.1) is 11.5 Å². The van der Waals surface area contributed by atoms with E-state index in [2.05, 4.69) is 4.74 Å². The second-order valence-corrected chi connectivity index (χ2v) is 4.38. The van der Waals surface area contributed by atoms with Gasteiger partial charge in [-0.2, -0.15) is 0 Å². The Morgan fingerprint density at radius 3 is 2.53 bits per heavy atom. The van der Waals surface area contributed by atoms with Crippen molar-refractivity contribution in [2.45, 2.75) is 19.3 Å². The van der Waals surface area contributed by atoms with Crippen LogP contribution in [0.4, 0.5) is 5.69 Å². The Balaban J connectivity index is 2.01. The van der Waals surface area contributed by atoms with Gasteiger partial charge >= 0.3 is 5.97 Å². The van der Waals surface area contributed by atoms with Crippen LogP contribution in [0.3, 0.4) is 0 Å². The molecular formula is C13H13NO5. The molecule has 0 aromatic heterocycles. The Bertz CT molecular complexity index is 522. The number of Topliss-reactive ketones (excluding diaryl/α,β-unsaturated/α-hetero) is 1. The van der Waals surface area contributed by atoms with E-state index >= 15 is 0 Å². The van der Waals surface area contributed by atoms with E-state index < -0.39 is 16.7 Å². The van der Waals surface area contributed by atoms with Crippen LogP contribution >= 0.6 is 0 Å². The number of hydrogen-bond donors (Lipinski definition) is 0. The molecule has 1 aromatic rings. The van der Waals surface area contributed by atoms with Crippen molar-refractivity contribution in [1.82, 2.24) is 0 Å². The summed E-state index contributed by atoms with van der Waals surface area (Å²) in [6.07, 6.45) is 0.593. The molecule has 0 heterocycles. The Hall–Kier alpha value is -2.24. The largest absolute Gasteiger partial charge is 0.460 e. The lowest BCUT2D eigenvalue weighted by atomic mass is 10.1. The highest BCUT2D eigenvalue weighted by molar-refractivity contribution is 6.35. The minimum atomic E-state index is -0.795. The van der Waals surface area contributed by atoms with Crippen LogP contribution in [0, 0.1) is 16.0 Å². The number of nitro benzene ring substituents is 1. The van der Waals surface area contributed by atoms with Crippen molar-refractivity contribution in [1.29, 1.82) is 0 Å². The third-order valence-electron chi connectivity index (χ3n) is 3.14. The molecular weight excluding hydrogens is 250 g/mol. The van der Waals surface area contributed by atoms with Gasteiger partial charge < -0.3 is 4.74 Å². The number of carbonyl (C=O) groups is 2. The second kappa shape index (κ2) is 5.17. The molecule has 1 aliphatic carbocycles. The fourth-order valence-electron chi connectivity index (χ4n) is 2.05. The van der Waals surface area contributed by atoms with Crippen LogP contribution in [0.2, 0.25) is 0 Å². The molecule has 19 heavy (non-hydrogen) atoms. The number of ketones is 1. The zero-order chi connectivity index (χ0) is 14.0. The summed E-state index contributed by atoms with van der Waals surface area (Å²) in [6.45, 7) is 1.82. The summed E-state index contributed by atoms with van der Waals surface area (Å²) in [7, 11) is 0. The van der Waals surface area contributed by atoms with Crippen LogP contribution in [0.1, 0.15) is 24.8 Å². The van der Waals surface area contributed by atoms with Crippen molar-refractivity contribution in [3.63, 3.8) is 0 Å². The third kappa shape index (κ3) is 2.78. The van der Waals surface area contributed by atoms with E-state index in [1.165, 1.54) is 12.1 Å². The Kier molecular flexibility index (Phi) is 3.59. The predicted octanol–water partition coefficient (Wildman–Crippen LogP) is 1.83. The van der Waals surface area contributed by atoms with Gasteiger partial charge in [0.25, 0.3) is 5.69 Å². The molecule has 0 saturated heterocycles. The minimum Gasteiger partial charge on any atom is -0.460 e. The van der Waals surface area contributed by atoms with Crippen LogP contribution in [-0.4, -0.2) is 23.3 Å². The van der Waals surface area contributed by atoms with E-state index in [1.807, 2.05) is 0 Å². The highest BCUT2D eigenvalue weighted by atomic mass is 16.6. The first kappa shape index (κ1) is 13.2. The zero-order valence-corrected chi connectivity index (χ0v) is 10.4. The van der Waals surface area contributed by atoms with E-state index in [1.54, 1.807) is 19.1 Å². The highest BCUT2D eigenvalue weighted by Crippen LogP contribution is 2.48. The highest BCUT2D eigenvalue weighted by Gasteiger charge is 2.46. The van der Waals surface area contributed by atoms with Crippen molar-refractivity contribution in [2.24, 2.45) is 5.92 Å². The molecule has 100 valence electrons. The molecule has 1 fully saturated rings. The van der Waals surface area contributed by atoms with Crippen molar-refractivity contribution >= 4 is 17.4 Å². The number of nitro groups is 1. The molecule has 2 rings (SSSR count). The van der Waals surface area contributed by atoms with Crippen molar-refractivity contribution in [2.75, 3.05) is 6.61 Å². The summed E-state index contributed by atoms with van der Waals surface area (Å²) in [5.74, 6) is -1.68. The SMILES string of the molecule is CCOC(=O)C(=O)C1C[C@H]1c1ccc([N+](=O)[O-])cc1. The van der Waals surface area contributed by atoms with Gasteiger partial charge in [0.1, 0.15) is 0 Å². The van der Waals surface area contributed by atoms with Gasteiger partial charge in [-0.25, -0.2) is 4.79 Å². The molecule has 6 nitrogen and oxygen atoms in total. The Labute approximate surface area is 109 Å². The van der Waals surface area contributed by atoms with Crippen molar-refractivity contribution in [3.8, 4) is 0 Å². The van der Waals surface area contributed by atoms with E-state index in [0.29, 0.717) is 6.42 Å². The topological polar surface area (TPSA) is 86.5 Å². The summed E-state index contributed by atoms with van der Waals surface area (Å²) in [6, 6.07) is 6.06. The monoisotopic (exact) mass is 263 g/mol. The molecule has 0 aliphatic heterocycles. The maximum absolute atomic E-state index is 11.7. The molecule has 2 atom stereocenters. The van der Waals surface area contributed by atoms with Gasteiger partial charge in [0, 0.05) is 18.1 Å². The molecule has 1 aromatic carbocycles. The van der Waals surface area contributed by atoms with Gasteiger partial charge in [-0.3, -0.25) is 14.9 Å². The minimum absolute atomic E-state index is 0.0117. The van der Waals surface area contributed by atoms with Crippen LogP contribution in [0.5, 0.6) is 0 Å². The van der Waals surface area contributed by atoms with Crippen molar-refractivity contribution in [3.05, 3.63) is 39.9 Å². The van der Waals surface area contributed by atoms with Gasteiger partial charge in [0.15, 0.2) is 0 Å². The fourth-order valence-corrected chi connectivity index (χ4v) is 2.05. The van der Waals surface area contributed by atoms with Gasteiger partial charge in [-0.1, -0.05) is 12.1 Å². The van der Waals surface area contributed by atoms with Crippen molar-refractivity contribution < 1.29 is 19.2 Å². The van der Waals surface area contributed by atoms with Gasteiger partial charge in [0.2, 0.25) is 5.78 Å². The molecule has 1 unspecified atom stereocenters. The average molecular weight is 263 g/mol. The molecule has 0 amide bonds. The molecule has 0 N–H and O–H groups in total. The van der Waals surface area contributed by atoms with Gasteiger partial charge in [-0.15, -0.1) is 0 Å². The molecule has 0 spiro atoms. The smallest absolute Gasteiger partial charge is 0.374 e. The number of rotatable bonds is 5. The summed E-state index contributed by atoms with van der Waals surface area (Å²) >= 11 is 0. The lowest BCUT2D eigenvalue weighted by Gasteiger charge is -2.01. The number of benzene rings is 1. The first-order chi connectivity index (χ1) is 9.04. The number of esters is 1. The van der Waals surface area contributed by atoms with E-state index in [-0.39, 0.29) is 24.1 Å². The maximum Gasteiger partial charge on any atom is 0.374 e. The van der Waals surface area contributed by atoms with E-state index in [9.17, 15) is 19.7 Å². The summed E-state index contributed by atoms with van der Waals surface area (Å²) in [5.41, 5.74) is 0.853. The predicted molar refractivity (Wildman–Crippen MR) is 65.6 cm³/mol. The molecule has 0 bridgehead atoms. The lowest BCUT2D eigenvalue weighted by molar-refractivity contribution is -0.384. The Morgan fingerprint density at radius 2 is 2.00 bits per heavy atom. The first-order valence-electron chi connectivity index (χ1n) is 6.00. The molecule has 0 radical (unpaired) electrons. The zero-order valence-electron chi connectivity index (χ0n) is 10.4. The second-order valence-electron chi connectivity index (χ2n) is 4.38. The van der Waals surface area contributed by atoms with Crippen LogP contribution in [0.25, 0.3) is 0 Å². The Morgan fingerprint density at radius 1 is 1.37 bits per heavy atom. The summed E-state index contributed by atoms with van der Waals surface area (Å²) in [5, 5.41) is 10.5. The van der Waals surface area contributed by atoms with Crippen LogP contribution in [0.15, 0.2) is 24.3 Å². The third-order valence-corrected chi connectivity index (χ3v) is 3.14. The van der Waals surface area contributed by atoms with E-state index in [4.69, 9.17) is 0 Å². The number of non-ortho nitro benzene ring substituents is 1. The quantitative estimate of drug-likeness (QED) is 0.350. The van der Waals surface area contributed by atoms with Crippen LogP contribution < -0.4 is 0 Å². The van der Waals surface area contributed by atoms with E-state index in [0.717, 1.165) is 5.56 Å². The number of ether oxygens (including phenoxy) is 1. The molecule has 1 aliphatic rings. The summed E-state index contributed by atoms with van der Waals surface area (Å²) < 4.78 is 4.66. The average Bonchev–Trinajstić information content (AvgIpc) is 3.18. The first-order valence-corrected chi connectivity index (χ1v) is 6.00. The number of nitrogens with zero attached hydrogens (tertiary/aromatic N) is 1. The summed E-state index contributed by atoms with van der Waals surface area (Å²) in [4.78, 5) is 33.0. The number of hydrogen-bond acceptors (Lipinski definition) is 5. The lowest BCUT2D eigenvalue weighted by Crippen LogP contribution is -2.19. The molecule has 6 heteroatoms. The molecule has 1 saturated carbocycles. The standard InChI is InChI=1S/C13H13NO5/c1-2-19-13(16)12(15)11-7-10(11)8-3-5-9(6-4-8)14(17)18/h3-6,10-11H,2,7H2,1H3/t10-,11?/m0/s1. The van der Waals surface area contributed by atoms with Gasteiger partial charge in [-0.05, 0) is 24.8 Å². The fraction of sp³-hybridized carbons (Fsp3) is 0.385.